The molecule has 128 valence electrons. The van der Waals surface area contributed by atoms with Crippen LogP contribution in [0.1, 0.15) is 23.6 Å². The number of aliphatic hydroxyl groups is 1. The summed E-state index contributed by atoms with van der Waals surface area (Å²) in [5.41, 5.74) is 1.04. The largest absolute Gasteiger partial charge is 0.395 e. The van der Waals surface area contributed by atoms with Crippen LogP contribution in [0, 0.1) is 0 Å². The minimum Gasteiger partial charge on any atom is -0.395 e. The van der Waals surface area contributed by atoms with Crippen molar-refractivity contribution in [2.75, 3.05) is 19.7 Å². The highest BCUT2D eigenvalue weighted by atomic mass is 16.3. The van der Waals surface area contributed by atoms with E-state index in [1.807, 2.05) is 30.3 Å². The van der Waals surface area contributed by atoms with Gasteiger partial charge in [0.25, 0.3) is 0 Å². The van der Waals surface area contributed by atoms with E-state index >= 15 is 0 Å². The van der Waals surface area contributed by atoms with Gasteiger partial charge in [0.2, 0.25) is 0 Å². The number of nitrogens with one attached hydrogen (secondary N) is 1. The van der Waals surface area contributed by atoms with Crippen molar-refractivity contribution in [1.29, 1.82) is 0 Å². The summed E-state index contributed by atoms with van der Waals surface area (Å²) in [6.45, 7) is 2.20. The van der Waals surface area contributed by atoms with Gasteiger partial charge < -0.3 is 19.9 Å². The SMILES string of the molecule is O=C(NCCc1nnc2n1CCC2)N(CCO)Cc1ccccc1. The molecule has 0 unspecified atom stereocenters. The fourth-order valence-corrected chi connectivity index (χ4v) is 2.97. The van der Waals surface area contributed by atoms with Gasteiger partial charge in [-0.15, -0.1) is 10.2 Å². The molecule has 1 aromatic heterocycles. The van der Waals surface area contributed by atoms with Gasteiger partial charge in [-0.2, -0.15) is 0 Å². The van der Waals surface area contributed by atoms with Crippen LogP contribution < -0.4 is 5.32 Å². The average Bonchev–Trinajstić information content (AvgIpc) is 3.20. The molecule has 0 aliphatic carbocycles. The summed E-state index contributed by atoms with van der Waals surface area (Å²) in [4.78, 5) is 14.0. The molecule has 1 aliphatic heterocycles. The van der Waals surface area contributed by atoms with Crippen LogP contribution >= 0.6 is 0 Å². The second kappa shape index (κ2) is 7.92. The highest BCUT2D eigenvalue weighted by molar-refractivity contribution is 5.74. The molecule has 7 nitrogen and oxygen atoms in total. The van der Waals surface area contributed by atoms with E-state index in [2.05, 4.69) is 20.1 Å². The molecule has 0 saturated heterocycles. The van der Waals surface area contributed by atoms with E-state index in [1.54, 1.807) is 4.90 Å². The molecule has 2 aromatic rings. The van der Waals surface area contributed by atoms with Crippen molar-refractivity contribution in [3.05, 3.63) is 47.5 Å². The summed E-state index contributed by atoms with van der Waals surface area (Å²) in [5.74, 6) is 1.97. The molecule has 2 heterocycles. The standard InChI is InChI=1S/C17H23N5O2/c23-12-11-21(13-14-5-2-1-3-6-14)17(24)18-9-8-16-20-19-15-7-4-10-22(15)16/h1-3,5-6,23H,4,7-13H2,(H,18,24). The Kier molecular flexibility index (Phi) is 5.43. The van der Waals surface area contributed by atoms with Gasteiger partial charge in [0.1, 0.15) is 11.6 Å². The van der Waals surface area contributed by atoms with Crippen LogP contribution in [-0.2, 0) is 25.9 Å². The molecular formula is C17H23N5O2. The number of hydrogen-bond acceptors (Lipinski definition) is 4. The molecule has 24 heavy (non-hydrogen) atoms. The van der Waals surface area contributed by atoms with Crippen molar-refractivity contribution >= 4 is 6.03 Å². The third-order valence-electron chi connectivity index (χ3n) is 4.18. The number of rotatable bonds is 7. The van der Waals surface area contributed by atoms with Crippen LogP contribution in [-0.4, -0.2) is 50.5 Å². The second-order valence-electron chi connectivity index (χ2n) is 5.90. The van der Waals surface area contributed by atoms with Crippen molar-refractivity contribution < 1.29 is 9.90 Å². The molecule has 1 aliphatic rings. The number of amides is 2. The lowest BCUT2D eigenvalue weighted by molar-refractivity contribution is 0.174. The lowest BCUT2D eigenvalue weighted by Crippen LogP contribution is -2.41. The van der Waals surface area contributed by atoms with Gasteiger partial charge in [-0.1, -0.05) is 30.3 Å². The molecule has 0 bridgehead atoms. The first-order valence-electron chi connectivity index (χ1n) is 8.36. The van der Waals surface area contributed by atoms with E-state index in [-0.39, 0.29) is 12.6 Å². The Morgan fingerprint density at radius 3 is 2.92 bits per heavy atom. The van der Waals surface area contributed by atoms with Crippen LogP contribution in [0.2, 0.25) is 0 Å². The van der Waals surface area contributed by atoms with E-state index in [0.29, 0.717) is 26.1 Å². The number of aryl methyl sites for hydroxylation is 1. The quantitative estimate of drug-likeness (QED) is 0.793. The zero-order chi connectivity index (χ0) is 16.8. The van der Waals surface area contributed by atoms with E-state index in [0.717, 1.165) is 36.6 Å². The number of hydrogen-bond donors (Lipinski definition) is 2. The first kappa shape index (κ1) is 16.4. The third kappa shape index (κ3) is 3.91. The number of carbonyl (C=O) groups is 1. The van der Waals surface area contributed by atoms with E-state index in [1.165, 1.54) is 0 Å². The molecule has 0 atom stereocenters. The summed E-state index contributed by atoms with van der Waals surface area (Å²) < 4.78 is 2.14. The van der Waals surface area contributed by atoms with Gasteiger partial charge in [0.15, 0.2) is 0 Å². The van der Waals surface area contributed by atoms with Gasteiger partial charge >= 0.3 is 6.03 Å². The van der Waals surface area contributed by atoms with E-state index in [4.69, 9.17) is 0 Å². The average molecular weight is 329 g/mol. The maximum Gasteiger partial charge on any atom is 0.317 e. The molecule has 0 fully saturated rings. The Hall–Kier alpha value is -2.41. The summed E-state index contributed by atoms with van der Waals surface area (Å²) in [5, 5.41) is 20.5. The third-order valence-corrected chi connectivity index (χ3v) is 4.18. The van der Waals surface area contributed by atoms with Crippen LogP contribution in [0.5, 0.6) is 0 Å². The fraction of sp³-hybridized carbons (Fsp3) is 0.471. The minimum atomic E-state index is -0.172. The monoisotopic (exact) mass is 329 g/mol. The number of aliphatic hydroxyl groups excluding tert-OH is 1. The zero-order valence-corrected chi connectivity index (χ0v) is 13.7. The van der Waals surface area contributed by atoms with Gasteiger partial charge in [-0.3, -0.25) is 0 Å². The number of carbonyl (C=O) groups excluding carboxylic acids is 1. The fourth-order valence-electron chi connectivity index (χ4n) is 2.97. The molecule has 2 amide bonds. The van der Waals surface area contributed by atoms with Gasteiger partial charge in [0, 0.05) is 39.0 Å². The molecule has 7 heteroatoms. The number of benzene rings is 1. The molecule has 1 aromatic carbocycles. The predicted octanol–water partition coefficient (Wildman–Crippen LogP) is 0.971. The number of fused-ring (bicyclic) bond motifs is 1. The molecule has 0 radical (unpaired) electrons. The first-order valence-corrected chi connectivity index (χ1v) is 8.36. The summed E-state index contributed by atoms with van der Waals surface area (Å²) in [6, 6.07) is 9.59. The Morgan fingerprint density at radius 1 is 1.29 bits per heavy atom. The Morgan fingerprint density at radius 2 is 2.12 bits per heavy atom. The summed E-state index contributed by atoms with van der Waals surface area (Å²) in [7, 11) is 0. The Balaban J connectivity index is 1.51. The van der Waals surface area contributed by atoms with Gasteiger partial charge in [0.05, 0.1) is 6.61 Å². The highest BCUT2D eigenvalue weighted by Gasteiger charge is 2.18. The van der Waals surface area contributed by atoms with Crippen molar-refractivity contribution in [2.45, 2.75) is 32.4 Å². The van der Waals surface area contributed by atoms with Crippen LogP contribution in [0.3, 0.4) is 0 Å². The molecule has 3 rings (SSSR count). The normalized spacial score (nSPS) is 12.9. The molecule has 2 N–H and O–H groups in total. The van der Waals surface area contributed by atoms with Crippen molar-refractivity contribution in [1.82, 2.24) is 25.0 Å². The minimum absolute atomic E-state index is 0.0576. The maximum absolute atomic E-state index is 12.4. The van der Waals surface area contributed by atoms with Gasteiger partial charge in [-0.05, 0) is 12.0 Å². The van der Waals surface area contributed by atoms with Crippen LogP contribution in [0.25, 0.3) is 0 Å². The number of nitrogens with zero attached hydrogens (tertiary/aromatic N) is 4. The zero-order valence-electron chi connectivity index (χ0n) is 13.7. The molecular weight excluding hydrogens is 306 g/mol. The highest BCUT2D eigenvalue weighted by Crippen LogP contribution is 2.14. The van der Waals surface area contributed by atoms with Gasteiger partial charge in [-0.25, -0.2) is 4.79 Å². The number of urea groups is 1. The van der Waals surface area contributed by atoms with Crippen LogP contribution in [0.15, 0.2) is 30.3 Å². The van der Waals surface area contributed by atoms with E-state index < -0.39 is 0 Å². The topological polar surface area (TPSA) is 83.3 Å². The van der Waals surface area contributed by atoms with Crippen molar-refractivity contribution in [3.63, 3.8) is 0 Å². The van der Waals surface area contributed by atoms with Crippen molar-refractivity contribution in [2.24, 2.45) is 0 Å². The predicted molar refractivity (Wildman–Crippen MR) is 89.4 cm³/mol. The van der Waals surface area contributed by atoms with Crippen LogP contribution in [0.4, 0.5) is 4.79 Å². The Labute approximate surface area is 141 Å². The molecule has 0 spiro atoms. The maximum atomic E-state index is 12.4. The number of aromatic nitrogens is 3. The first-order chi connectivity index (χ1) is 11.8. The summed E-state index contributed by atoms with van der Waals surface area (Å²) in [6.07, 6.45) is 2.77. The second-order valence-corrected chi connectivity index (χ2v) is 5.90. The summed E-state index contributed by atoms with van der Waals surface area (Å²) >= 11 is 0. The Bertz CT molecular complexity index is 671. The smallest absolute Gasteiger partial charge is 0.317 e. The van der Waals surface area contributed by atoms with E-state index in [9.17, 15) is 9.90 Å². The lowest BCUT2D eigenvalue weighted by atomic mass is 10.2. The van der Waals surface area contributed by atoms with Crippen molar-refractivity contribution in [3.8, 4) is 0 Å². The lowest BCUT2D eigenvalue weighted by Gasteiger charge is -2.22. The molecule has 0 saturated carbocycles.